The Morgan fingerprint density at radius 1 is 1.61 bits per heavy atom. The third-order valence-corrected chi connectivity index (χ3v) is 4.43. The van der Waals surface area contributed by atoms with Gasteiger partial charge in [-0.15, -0.1) is 11.3 Å². The summed E-state index contributed by atoms with van der Waals surface area (Å²) in [5.74, 6) is 0. The Kier molecular flexibility index (Phi) is 4.79. The van der Waals surface area contributed by atoms with Gasteiger partial charge in [0.25, 0.3) is 0 Å². The summed E-state index contributed by atoms with van der Waals surface area (Å²) < 4.78 is 8.03. The molecule has 0 spiro atoms. The van der Waals surface area contributed by atoms with Crippen molar-refractivity contribution in [3.05, 3.63) is 33.2 Å². The van der Waals surface area contributed by atoms with Crippen LogP contribution in [0.15, 0.2) is 28.3 Å². The Morgan fingerprint density at radius 2 is 2.44 bits per heavy atom. The van der Waals surface area contributed by atoms with E-state index >= 15 is 0 Å². The number of methoxy groups -OCH3 is 1. The van der Waals surface area contributed by atoms with Gasteiger partial charge in [-0.1, -0.05) is 0 Å². The number of nitrogens with zero attached hydrogens (tertiary/aromatic N) is 2. The van der Waals surface area contributed by atoms with E-state index in [4.69, 9.17) is 4.74 Å². The average molecular weight is 330 g/mol. The summed E-state index contributed by atoms with van der Waals surface area (Å²) in [5.41, 5.74) is 1.03. The van der Waals surface area contributed by atoms with Gasteiger partial charge in [0.05, 0.1) is 31.1 Å². The zero-order valence-electron chi connectivity index (χ0n) is 10.4. The molecule has 0 fully saturated rings. The lowest BCUT2D eigenvalue weighted by atomic mass is 10.3. The standard InChI is InChI=1S/C12H16BrN3OS/c1-9(12-5-10(13)8-18-12)15-11-6-14-16(7-11)3-4-17-2/h5-9,15H,3-4H2,1-2H3. The third-order valence-electron chi connectivity index (χ3n) is 2.56. The van der Waals surface area contributed by atoms with Crippen LogP contribution in [0.5, 0.6) is 0 Å². The Bertz CT molecular complexity index is 497. The van der Waals surface area contributed by atoms with Crippen molar-refractivity contribution in [3.63, 3.8) is 0 Å². The van der Waals surface area contributed by atoms with Crippen molar-refractivity contribution < 1.29 is 4.74 Å². The van der Waals surface area contributed by atoms with Crippen LogP contribution in [-0.2, 0) is 11.3 Å². The van der Waals surface area contributed by atoms with Crippen LogP contribution in [0.1, 0.15) is 17.8 Å². The summed E-state index contributed by atoms with van der Waals surface area (Å²) in [6.07, 6.45) is 3.84. The molecule has 0 aromatic carbocycles. The van der Waals surface area contributed by atoms with Gasteiger partial charge in [-0.2, -0.15) is 5.10 Å². The van der Waals surface area contributed by atoms with Crippen molar-refractivity contribution in [1.29, 1.82) is 0 Å². The lowest BCUT2D eigenvalue weighted by Crippen LogP contribution is -2.05. The molecule has 4 nitrogen and oxygen atoms in total. The lowest BCUT2D eigenvalue weighted by molar-refractivity contribution is 0.183. The molecule has 98 valence electrons. The Labute approximate surface area is 119 Å². The topological polar surface area (TPSA) is 39.1 Å². The van der Waals surface area contributed by atoms with Crippen molar-refractivity contribution in [2.24, 2.45) is 0 Å². The highest BCUT2D eigenvalue weighted by atomic mass is 79.9. The summed E-state index contributed by atoms with van der Waals surface area (Å²) >= 11 is 5.21. The molecule has 0 amide bonds. The second kappa shape index (κ2) is 6.36. The molecule has 0 aliphatic rings. The second-order valence-corrected chi connectivity index (χ2v) is 5.88. The number of nitrogens with one attached hydrogen (secondary N) is 1. The van der Waals surface area contributed by atoms with E-state index in [2.05, 4.69) is 44.7 Å². The molecule has 0 bridgehead atoms. The van der Waals surface area contributed by atoms with Crippen molar-refractivity contribution in [3.8, 4) is 0 Å². The van der Waals surface area contributed by atoms with Crippen molar-refractivity contribution in [2.45, 2.75) is 19.5 Å². The highest BCUT2D eigenvalue weighted by molar-refractivity contribution is 9.10. The minimum Gasteiger partial charge on any atom is -0.383 e. The molecule has 18 heavy (non-hydrogen) atoms. The summed E-state index contributed by atoms with van der Waals surface area (Å²) in [6, 6.07) is 2.42. The molecule has 2 aromatic heterocycles. The molecule has 0 aliphatic carbocycles. The van der Waals surface area contributed by atoms with Gasteiger partial charge in [0.1, 0.15) is 0 Å². The Morgan fingerprint density at radius 3 is 3.11 bits per heavy atom. The number of halogens is 1. The predicted molar refractivity (Wildman–Crippen MR) is 78.2 cm³/mol. The zero-order valence-corrected chi connectivity index (χ0v) is 12.8. The van der Waals surface area contributed by atoms with Crippen LogP contribution in [0.2, 0.25) is 0 Å². The molecule has 2 heterocycles. The normalized spacial score (nSPS) is 12.6. The quantitative estimate of drug-likeness (QED) is 0.881. The highest BCUT2D eigenvalue weighted by Gasteiger charge is 2.09. The van der Waals surface area contributed by atoms with Crippen molar-refractivity contribution in [1.82, 2.24) is 9.78 Å². The number of aromatic nitrogens is 2. The van der Waals surface area contributed by atoms with E-state index in [1.807, 2.05) is 17.1 Å². The fraction of sp³-hybridized carbons (Fsp3) is 0.417. The molecular weight excluding hydrogens is 314 g/mol. The first-order chi connectivity index (χ1) is 8.69. The molecule has 0 saturated heterocycles. The van der Waals surface area contributed by atoms with E-state index in [1.165, 1.54) is 4.88 Å². The second-order valence-electron chi connectivity index (χ2n) is 4.02. The number of hydrogen-bond donors (Lipinski definition) is 1. The van der Waals surface area contributed by atoms with E-state index in [9.17, 15) is 0 Å². The largest absolute Gasteiger partial charge is 0.383 e. The van der Waals surface area contributed by atoms with Crippen LogP contribution in [0, 0.1) is 0 Å². The average Bonchev–Trinajstić information content (AvgIpc) is 2.96. The SMILES string of the molecule is COCCn1cc(NC(C)c2cc(Br)cs2)cn1. The maximum atomic E-state index is 5.02. The maximum Gasteiger partial charge on any atom is 0.0731 e. The molecule has 1 atom stereocenters. The van der Waals surface area contributed by atoms with Crippen molar-refractivity contribution in [2.75, 3.05) is 19.0 Å². The van der Waals surface area contributed by atoms with Gasteiger partial charge >= 0.3 is 0 Å². The van der Waals surface area contributed by atoms with Crippen LogP contribution in [-0.4, -0.2) is 23.5 Å². The van der Waals surface area contributed by atoms with Crippen molar-refractivity contribution >= 4 is 33.0 Å². The molecule has 1 unspecified atom stereocenters. The number of rotatable bonds is 6. The number of hydrogen-bond acceptors (Lipinski definition) is 4. The predicted octanol–water partition coefficient (Wildman–Crippen LogP) is 3.53. The molecule has 2 aromatic rings. The minimum atomic E-state index is 0.279. The van der Waals surface area contributed by atoms with Gasteiger partial charge in [-0.25, -0.2) is 0 Å². The smallest absolute Gasteiger partial charge is 0.0731 e. The molecule has 1 N–H and O–H groups in total. The first-order valence-corrected chi connectivity index (χ1v) is 7.38. The molecule has 0 radical (unpaired) electrons. The molecular formula is C12H16BrN3OS. The van der Waals surface area contributed by atoms with E-state index in [0.29, 0.717) is 6.61 Å². The number of anilines is 1. The van der Waals surface area contributed by atoms with Gasteiger partial charge < -0.3 is 10.1 Å². The van der Waals surface area contributed by atoms with E-state index in [1.54, 1.807) is 18.4 Å². The van der Waals surface area contributed by atoms with Crippen LogP contribution in [0.3, 0.4) is 0 Å². The van der Waals surface area contributed by atoms with Gasteiger partial charge in [0.15, 0.2) is 0 Å². The van der Waals surface area contributed by atoms with Gasteiger partial charge in [0.2, 0.25) is 0 Å². The molecule has 6 heteroatoms. The van der Waals surface area contributed by atoms with Crippen LogP contribution >= 0.6 is 27.3 Å². The minimum absolute atomic E-state index is 0.279. The van der Waals surface area contributed by atoms with E-state index in [-0.39, 0.29) is 6.04 Å². The van der Waals surface area contributed by atoms with Crippen LogP contribution in [0.25, 0.3) is 0 Å². The van der Waals surface area contributed by atoms with E-state index < -0.39 is 0 Å². The Hall–Kier alpha value is -0.850. The van der Waals surface area contributed by atoms with Gasteiger partial charge in [-0.05, 0) is 28.9 Å². The maximum absolute atomic E-state index is 5.02. The summed E-state index contributed by atoms with van der Waals surface area (Å²) in [6.45, 7) is 3.59. The van der Waals surface area contributed by atoms with Crippen LogP contribution in [0.4, 0.5) is 5.69 Å². The van der Waals surface area contributed by atoms with Gasteiger partial charge in [0, 0.05) is 28.0 Å². The first kappa shape index (κ1) is 13.6. The summed E-state index contributed by atoms with van der Waals surface area (Å²) in [7, 11) is 1.69. The molecule has 2 rings (SSSR count). The monoisotopic (exact) mass is 329 g/mol. The molecule has 0 saturated carbocycles. The van der Waals surface area contributed by atoms with E-state index in [0.717, 1.165) is 16.7 Å². The summed E-state index contributed by atoms with van der Waals surface area (Å²) in [4.78, 5) is 1.30. The molecule has 0 aliphatic heterocycles. The fourth-order valence-corrected chi connectivity index (χ4v) is 3.07. The number of ether oxygens (including phenoxy) is 1. The third kappa shape index (κ3) is 3.57. The summed E-state index contributed by atoms with van der Waals surface area (Å²) in [5, 5.41) is 9.80. The van der Waals surface area contributed by atoms with Crippen LogP contribution < -0.4 is 5.32 Å². The lowest BCUT2D eigenvalue weighted by Gasteiger charge is -2.11. The highest BCUT2D eigenvalue weighted by Crippen LogP contribution is 2.27. The van der Waals surface area contributed by atoms with Gasteiger partial charge in [-0.3, -0.25) is 4.68 Å². The number of thiophene rings is 1. The first-order valence-electron chi connectivity index (χ1n) is 5.71. The zero-order chi connectivity index (χ0) is 13.0. The fourth-order valence-electron chi connectivity index (χ4n) is 1.62. The Balaban J connectivity index is 1.94.